The van der Waals surface area contributed by atoms with Gasteiger partial charge in [-0.3, -0.25) is 9.69 Å². The summed E-state index contributed by atoms with van der Waals surface area (Å²) in [6.45, 7) is 10.6. The summed E-state index contributed by atoms with van der Waals surface area (Å²) < 4.78 is 0. The molecule has 0 atom stereocenters. The Morgan fingerprint density at radius 3 is 2.41 bits per heavy atom. The third-order valence-corrected chi connectivity index (χ3v) is 4.70. The minimum Gasteiger partial charge on any atom is -0.356 e. The molecule has 0 radical (unpaired) electrons. The van der Waals surface area contributed by atoms with Gasteiger partial charge in [0.2, 0.25) is 5.91 Å². The predicted octanol–water partition coefficient (Wildman–Crippen LogP) is 1.54. The highest BCUT2D eigenvalue weighted by Crippen LogP contribution is 2.06. The first kappa shape index (κ1) is 21.2. The van der Waals surface area contributed by atoms with Gasteiger partial charge in [-0.15, -0.1) is 0 Å². The highest BCUT2D eigenvalue weighted by Gasteiger charge is 2.20. The molecule has 1 fully saturated rings. The van der Waals surface area contributed by atoms with Gasteiger partial charge in [0, 0.05) is 53.4 Å². The number of rotatable bonds is 7. The highest BCUT2D eigenvalue weighted by atomic mass is 16.2. The lowest BCUT2D eigenvalue weighted by molar-refractivity contribution is -0.127. The van der Waals surface area contributed by atoms with Crippen molar-refractivity contribution in [2.45, 2.75) is 20.3 Å². The van der Waals surface area contributed by atoms with Crippen LogP contribution in [-0.2, 0) is 11.2 Å². The molecule has 6 heteroatoms. The van der Waals surface area contributed by atoms with Crippen molar-refractivity contribution in [3.8, 4) is 0 Å². The van der Waals surface area contributed by atoms with E-state index in [2.05, 4.69) is 58.2 Å². The van der Waals surface area contributed by atoms with Crippen LogP contribution in [0.15, 0.2) is 35.3 Å². The summed E-state index contributed by atoms with van der Waals surface area (Å²) >= 11 is 0. The Kier molecular flexibility index (Phi) is 8.58. The highest BCUT2D eigenvalue weighted by molar-refractivity contribution is 5.84. The van der Waals surface area contributed by atoms with Crippen LogP contribution in [0.25, 0.3) is 0 Å². The number of nitrogens with zero attached hydrogens (tertiary/aromatic N) is 4. The summed E-state index contributed by atoms with van der Waals surface area (Å²) in [4.78, 5) is 22.9. The zero-order chi connectivity index (χ0) is 19.6. The van der Waals surface area contributed by atoms with Crippen LogP contribution in [0, 0.1) is 5.92 Å². The van der Waals surface area contributed by atoms with Gasteiger partial charge in [-0.1, -0.05) is 44.2 Å². The second-order valence-electron chi connectivity index (χ2n) is 7.77. The summed E-state index contributed by atoms with van der Waals surface area (Å²) in [6, 6.07) is 10.4. The quantitative estimate of drug-likeness (QED) is 0.582. The van der Waals surface area contributed by atoms with Crippen LogP contribution in [-0.4, -0.2) is 86.5 Å². The van der Waals surface area contributed by atoms with Crippen LogP contribution in [0.4, 0.5) is 0 Å². The normalized spacial score (nSPS) is 15.9. The second-order valence-corrected chi connectivity index (χ2v) is 7.77. The number of likely N-dealkylation sites (N-methyl/N-ethyl adjacent to an activating group) is 1. The number of carbonyl (C=O) groups excluding carboxylic acids is 1. The number of carbonyl (C=O) groups is 1. The van der Waals surface area contributed by atoms with Crippen molar-refractivity contribution in [1.29, 1.82) is 0 Å². The summed E-state index contributed by atoms with van der Waals surface area (Å²) in [6.07, 6.45) is 0.939. The van der Waals surface area contributed by atoms with Crippen molar-refractivity contribution >= 4 is 11.9 Å². The zero-order valence-electron chi connectivity index (χ0n) is 17.3. The fraction of sp³-hybridized carbons (Fsp3) is 0.619. The molecular formula is C21H35N5O. The van der Waals surface area contributed by atoms with E-state index in [1.807, 2.05) is 6.07 Å². The Bertz CT molecular complexity index is 592. The predicted molar refractivity (Wildman–Crippen MR) is 112 cm³/mol. The van der Waals surface area contributed by atoms with Crippen LogP contribution in [0.2, 0.25) is 0 Å². The fourth-order valence-corrected chi connectivity index (χ4v) is 3.17. The molecule has 1 aliphatic rings. The number of nitrogens with one attached hydrogen (secondary N) is 1. The molecule has 1 N–H and O–H groups in total. The average molecular weight is 374 g/mol. The largest absolute Gasteiger partial charge is 0.356 e. The van der Waals surface area contributed by atoms with Crippen LogP contribution in [0.1, 0.15) is 19.4 Å². The first-order valence-corrected chi connectivity index (χ1v) is 9.95. The van der Waals surface area contributed by atoms with Gasteiger partial charge in [-0.25, -0.2) is 4.99 Å². The minimum absolute atomic E-state index is 0.0239. The smallest absolute Gasteiger partial charge is 0.243 e. The lowest BCUT2D eigenvalue weighted by atomic mass is 10.1. The molecule has 0 spiro atoms. The monoisotopic (exact) mass is 373 g/mol. The fourth-order valence-electron chi connectivity index (χ4n) is 3.17. The molecule has 2 rings (SSSR count). The molecule has 27 heavy (non-hydrogen) atoms. The molecule has 1 heterocycles. The van der Waals surface area contributed by atoms with Crippen molar-refractivity contribution in [2.75, 3.05) is 59.9 Å². The van der Waals surface area contributed by atoms with E-state index >= 15 is 0 Å². The van der Waals surface area contributed by atoms with Crippen molar-refractivity contribution in [3.05, 3.63) is 35.9 Å². The summed E-state index contributed by atoms with van der Waals surface area (Å²) in [5.74, 6) is 1.56. The third kappa shape index (κ3) is 7.59. The average Bonchev–Trinajstić information content (AvgIpc) is 2.65. The standard InChI is InChI=1S/C21H35N5O/c1-18(2)17-25-12-14-26(15-13-25)21(23-16-20(27)24(3)4)22-11-10-19-8-6-5-7-9-19/h5-9,18H,10-17H2,1-4H3,(H,22,23). The van der Waals surface area contributed by atoms with E-state index in [4.69, 9.17) is 0 Å². The molecule has 0 bridgehead atoms. The zero-order valence-corrected chi connectivity index (χ0v) is 17.3. The van der Waals surface area contributed by atoms with Crippen molar-refractivity contribution in [1.82, 2.24) is 20.0 Å². The van der Waals surface area contributed by atoms with Gasteiger partial charge in [-0.2, -0.15) is 0 Å². The van der Waals surface area contributed by atoms with Gasteiger partial charge in [0.15, 0.2) is 5.96 Å². The van der Waals surface area contributed by atoms with Gasteiger partial charge in [0.25, 0.3) is 0 Å². The number of hydrogen-bond acceptors (Lipinski definition) is 3. The van der Waals surface area contributed by atoms with Crippen molar-refractivity contribution in [3.63, 3.8) is 0 Å². The summed E-state index contributed by atoms with van der Waals surface area (Å²) in [7, 11) is 3.54. The van der Waals surface area contributed by atoms with Gasteiger partial charge in [0.1, 0.15) is 6.54 Å². The van der Waals surface area contributed by atoms with Crippen molar-refractivity contribution < 1.29 is 4.79 Å². The lowest BCUT2D eigenvalue weighted by Crippen LogP contribution is -2.53. The molecule has 0 aromatic heterocycles. The molecule has 6 nitrogen and oxygen atoms in total. The van der Waals surface area contributed by atoms with Gasteiger partial charge < -0.3 is 15.1 Å². The Morgan fingerprint density at radius 1 is 1.15 bits per heavy atom. The van der Waals surface area contributed by atoms with E-state index in [1.165, 1.54) is 5.56 Å². The van der Waals surface area contributed by atoms with E-state index in [-0.39, 0.29) is 12.5 Å². The number of guanidine groups is 1. The van der Waals surface area contributed by atoms with Crippen molar-refractivity contribution in [2.24, 2.45) is 10.9 Å². The van der Waals surface area contributed by atoms with E-state index in [0.717, 1.165) is 51.6 Å². The molecule has 1 aromatic carbocycles. The van der Waals surface area contributed by atoms with E-state index in [9.17, 15) is 4.79 Å². The molecular weight excluding hydrogens is 338 g/mol. The maximum absolute atomic E-state index is 12.0. The molecule has 150 valence electrons. The Balaban J connectivity index is 1.93. The van der Waals surface area contributed by atoms with Gasteiger partial charge in [-0.05, 0) is 17.9 Å². The molecule has 0 unspecified atom stereocenters. The maximum Gasteiger partial charge on any atom is 0.243 e. The Labute approximate surface area is 164 Å². The number of amides is 1. The van der Waals surface area contributed by atoms with Gasteiger partial charge >= 0.3 is 0 Å². The summed E-state index contributed by atoms with van der Waals surface area (Å²) in [5, 5.41) is 3.47. The molecule has 1 aliphatic heterocycles. The topological polar surface area (TPSA) is 51.2 Å². The Hall–Kier alpha value is -2.08. The molecule has 1 aromatic rings. The van der Waals surface area contributed by atoms with E-state index in [1.54, 1.807) is 19.0 Å². The lowest BCUT2D eigenvalue weighted by Gasteiger charge is -2.37. The molecule has 1 amide bonds. The van der Waals surface area contributed by atoms with Crippen LogP contribution in [0.3, 0.4) is 0 Å². The van der Waals surface area contributed by atoms with Crippen LogP contribution in [0.5, 0.6) is 0 Å². The van der Waals surface area contributed by atoms with E-state index in [0.29, 0.717) is 5.92 Å². The SMILES string of the molecule is CC(C)CN1CCN(C(=NCC(=O)N(C)C)NCCc2ccccc2)CC1. The first-order chi connectivity index (χ1) is 13.0. The van der Waals surface area contributed by atoms with Crippen LogP contribution < -0.4 is 5.32 Å². The van der Waals surface area contributed by atoms with Crippen LogP contribution >= 0.6 is 0 Å². The summed E-state index contributed by atoms with van der Waals surface area (Å²) in [5.41, 5.74) is 1.30. The van der Waals surface area contributed by atoms with Gasteiger partial charge in [0.05, 0.1) is 0 Å². The third-order valence-electron chi connectivity index (χ3n) is 4.70. The molecule has 1 saturated heterocycles. The molecule has 0 saturated carbocycles. The number of hydrogen-bond donors (Lipinski definition) is 1. The first-order valence-electron chi connectivity index (χ1n) is 9.95. The molecule has 0 aliphatic carbocycles. The van der Waals surface area contributed by atoms with E-state index < -0.39 is 0 Å². The maximum atomic E-state index is 12.0. The number of aliphatic imine (C=N–C) groups is 1. The Morgan fingerprint density at radius 2 is 1.81 bits per heavy atom. The number of piperazine rings is 1. The number of benzene rings is 1. The second kappa shape index (κ2) is 10.9. The minimum atomic E-state index is 0.0239.